The van der Waals surface area contributed by atoms with Crippen molar-refractivity contribution in [1.29, 1.82) is 0 Å². The van der Waals surface area contributed by atoms with Crippen LogP contribution in [0.4, 0.5) is 4.79 Å². The number of methoxy groups -OCH3 is 1. The maximum Gasteiger partial charge on any atom is 0.325 e. The summed E-state index contributed by atoms with van der Waals surface area (Å²) < 4.78 is 5.14. The summed E-state index contributed by atoms with van der Waals surface area (Å²) in [6, 6.07) is 16.5. The van der Waals surface area contributed by atoms with Crippen molar-refractivity contribution in [1.82, 2.24) is 20.4 Å². The third kappa shape index (κ3) is 5.45. The van der Waals surface area contributed by atoms with Gasteiger partial charge in [-0.1, -0.05) is 42.5 Å². The van der Waals surface area contributed by atoms with E-state index >= 15 is 0 Å². The maximum atomic E-state index is 12.9. The Balaban J connectivity index is 1.46. The number of hydrogen-bond acceptors (Lipinski definition) is 5. The molecule has 1 fully saturated rings. The van der Waals surface area contributed by atoms with E-state index in [1.807, 2.05) is 25.2 Å². The lowest BCUT2D eigenvalue weighted by atomic mass is 9.92. The molecule has 170 valence electrons. The Morgan fingerprint density at radius 3 is 2.47 bits per heavy atom. The Hall–Kier alpha value is -3.39. The maximum absolute atomic E-state index is 12.9. The highest BCUT2D eigenvalue weighted by Gasteiger charge is 2.49. The first kappa shape index (κ1) is 23.3. The van der Waals surface area contributed by atoms with Crippen molar-refractivity contribution in [3.63, 3.8) is 0 Å². The highest BCUT2D eigenvalue weighted by Crippen LogP contribution is 2.29. The number of urea groups is 1. The van der Waals surface area contributed by atoms with E-state index in [0.717, 1.165) is 24.4 Å². The van der Waals surface area contributed by atoms with Crippen molar-refractivity contribution < 1.29 is 19.1 Å². The molecule has 32 heavy (non-hydrogen) atoms. The summed E-state index contributed by atoms with van der Waals surface area (Å²) in [5.74, 6) is -0.164. The van der Waals surface area contributed by atoms with Crippen LogP contribution in [0.2, 0.25) is 0 Å². The molecule has 8 heteroatoms. The highest BCUT2D eigenvalue weighted by molar-refractivity contribution is 6.09. The van der Waals surface area contributed by atoms with Gasteiger partial charge in [0, 0.05) is 13.1 Å². The van der Waals surface area contributed by atoms with Crippen LogP contribution >= 0.6 is 0 Å². The van der Waals surface area contributed by atoms with Crippen molar-refractivity contribution >= 4 is 17.8 Å². The number of imide groups is 1. The van der Waals surface area contributed by atoms with Gasteiger partial charge in [0.1, 0.15) is 17.8 Å². The molecule has 0 aromatic heterocycles. The smallest absolute Gasteiger partial charge is 0.325 e. The minimum Gasteiger partial charge on any atom is -0.497 e. The second-order valence-electron chi connectivity index (χ2n) is 8.10. The predicted octanol–water partition coefficient (Wildman–Crippen LogP) is 2.10. The molecule has 8 nitrogen and oxygen atoms in total. The fourth-order valence-corrected chi connectivity index (χ4v) is 3.71. The molecule has 0 bridgehead atoms. The van der Waals surface area contributed by atoms with Crippen molar-refractivity contribution in [3.05, 3.63) is 65.7 Å². The van der Waals surface area contributed by atoms with Gasteiger partial charge in [-0.15, -0.1) is 0 Å². The van der Waals surface area contributed by atoms with Crippen LogP contribution in [0, 0.1) is 0 Å². The number of amides is 4. The van der Waals surface area contributed by atoms with E-state index in [4.69, 9.17) is 4.74 Å². The zero-order valence-corrected chi connectivity index (χ0v) is 18.8. The Labute approximate surface area is 188 Å². The molecule has 3 rings (SSSR count). The normalized spacial score (nSPS) is 18.1. The van der Waals surface area contributed by atoms with Crippen LogP contribution in [0.5, 0.6) is 5.75 Å². The molecular weight excluding hydrogens is 408 g/mol. The van der Waals surface area contributed by atoms with Crippen LogP contribution in [-0.2, 0) is 21.7 Å². The van der Waals surface area contributed by atoms with Gasteiger partial charge in [0.05, 0.1) is 7.11 Å². The number of nitrogens with zero attached hydrogens (tertiary/aromatic N) is 2. The second kappa shape index (κ2) is 10.3. The van der Waals surface area contributed by atoms with E-state index < -0.39 is 17.5 Å². The summed E-state index contributed by atoms with van der Waals surface area (Å²) in [7, 11) is 3.59. The van der Waals surface area contributed by atoms with Gasteiger partial charge in [0.2, 0.25) is 5.91 Å². The van der Waals surface area contributed by atoms with Crippen molar-refractivity contribution in [2.75, 3.05) is 33.8 Å². The summed E-state index contributed by atoms with van der Waals surface area (Å²) in [5, 5.41) is 5.50. The Kier molecular flexibility index (Phi) is 7.48. The fraction of sp³-hybridized carbons (Fsp3) is 0.375. The second-order valence-corrected chi connectivity index (χ2v) is 8.10. The van der Waals surface area contributed by atoms with Crippen LogP contribution < -0.4 is 15.4 Å². The number of hydrogen-bond donors (Lipinski definition) is 2. The summed E-state index contributed by atoms with van der Waals surface area (Å²) in [6.07, 6.45) is 0.763. The van der Waals surface area contributed by atoms with Gasteiger partial charge in [0.15, 0.2) is 0 Å². The number of carbonyl (C=O) groups excluding carboxylic acids is 3. The van der Waals surface area contributed by atoms with E-state index in [0.29, 0.717) is 17.9 Å². The lowest BCUT2D eigenvalue weighted by Crippen LogP contribution is -2.43. The first-order chi connectivity index (χ1) is 15.3. The van der Waals surface area contributed by atoms with Crippen molar-refractivity contribution in [2.24, 2.45) is 0 Å². The third-order valence-corrected chi connectivity index (χ3v) is 5.58. The Morgan fingerprint density at radius 1 is 1.12 bits per heavy atom. The van der Waals surface area contributed by atoms with Crippen LogP contribution in [0.15, 0.2) is 54.6 Å². The first-order valence-corrected chi connectivity index (χ1v) is 10.6. The zero-order valence-electron chi connectivity index (χ0n) is 18.8. The number of ether oxygens (including phenoxy) is 1. The van der Waals surface area contributed by atoms with Crippen LogP contribution in [0.3, 0.4) is 0 Å². The molecule has 0 radical (unpaired) electrons. The van der Waals surface area contributed by atoms with Gasteiger partial charge >= 0.3 is 6.03 Å². The molecule has 2 N–H and O–H groups in total. The molecule has 0 spiro atoms. The monoisotopic (exact) mass is 438 g/mol. The fourth-order valence-electron chi connectivity index (χ4n) is 3.71. The first-order valence-electron chi connectivity index (χ1n) is 10.6. The number of benzene rings is 2. The third-order valence-electron chi connectivity index (χ3n) is 5.58. The van der Waals surface area contributed by atoms with Crippen molar-refractivity contribution in [3.8, 4) is 5.75 Å². The van der Waals surface area contributed by atoms with E-state index in [1.54, 1.807) is 38.3 Å². The van der Waals surface area contributed by atoms with Gasteiger partial charge in [-0.2, -0.15) is 0 Å². The predicted molar refractivity (Wildman–Crippen MR) is 121 cm³/mol. The van der Waals surface area contributed by atoms with Crippen LogP contribution in [-0.4, -0.2) is 61.4 Å². The van der Waals surface area contributed by atoms with E-state index in [2.05, 4.69) is 27.7 Å². The molecule has 1 aliphatic rings. The topological polar surface area (TPSA) is 91.0 Å². The molecule has 1 atom stereocenters. The molecule has 2 aromatic rings. The van der Waals surface area contributed by atoms with Gasteiger partial charge in [-0.05, 0) is 50.2 Å². The minimum atomic E-state index is -1.22. The molecule has 1 saturated heterocycles. The molecule has 1 aliphatic heterocycles. The van der Waals surface area contributed by atoms with Crippen LogP contribution in [0.1, 0.15) is 24.5 Å². The van der Waals surface area contributed by atoms with Crippen LogP contribution in [0.25, 0.3) is 0 Å². The molecule has 0 aliphatic carbocycles. The van der Waals surface area contributed by atoms with Gasteiger partial charge < -0.3 is 20.3 Å². The Morgan fingerprint density at radius 2 is 1.81 bits per heavy atom. The molecule has 1 unspecified atom stereocenters. The van der Waals surface area contributed by atoms with E-state index in [1.165, 1.54) is 5.56 Å². The molecule has 1 heterocycles. The van der Waals surface area contributed by atoms with Gasteiger partial charge in [-0.25, -0.2) is 4.79 Å². The average Bonchev–Trinajstić information content (AvgIpc) is 3.01. The molecule has 0 saturated carbocycles. The molecule has 2 aromatic carbocycles. The summed E-state index contributed by atoms with van der Waals surface area (Å²) in [6.45, 7) is 3.44. The lowest BCUT2D eigenvalue weighted by Gasteiger charge is -2.22. The Bertz CT molecular complexity index is 948. The average molecular weight is 439 g/mol. The highest BCUT2D eigenvalue weighted by atomic mass is 16.5. The lowest BCUT2D eigenvalue weighted by molar-refractivity contribution is -0.134. The minimum absolute atomic E-state index is 0.309. The quantitative estimate of drug-likeness (QED) is 0.438. The summed E-state index contributed by atoms with van der Waals surface area (Å²) >= 11 is 0. The van der Waals surface area contributed by atoms with Gasteiger partial charge in [-0.3, -0.25) is 14.5 Å². The van der Waals surface area contributed by atoms with E-state index in [9.17, 15) is 14.4 Å². The number of nitrogens with one attached hydrogen (secondary N) is 2. The largest absolute Gasteiger partial charge is 0.497 e. The number of rotatable bonds is 10. The van der Waals surface area contributed by atoms with E-state index in [-0.39, 0.29) is 12.5 Å². The molecule has 4 amide bonds. The summed E-state index contributed by atoms with van der Waals surface area (Å²) in [5.41, 5.74) is 0.641. The zero-order chi connectivity index (χ0) is 23.1. The molecular formula is C24H30N4O4. The van der Waals surface area contributed by atoms with Gasteiger partial charge in [0.25, 0.3) is 5.91 Å². The van der Waals surface area contributed by atoms with Crippen molar-refractivity contribution in [2.45, 2.75) is 25.4 Å². The SMILES string of the molecule is COc1ccc(C2(C)NC(=O)N(CC(=O)NCCCN(C)Cc3ccccc3)C2=O)cc1. The summed E-state index contributed by atoms with van der Waals surface area (Å²) in [4.78, 5) is 40.8. The number of carbonyl (C=O) groups is 3. The standard InChI is InChI=1S/C24H30N4O4/c1-24(19-10-12-20(32-3)13-11-19)22(30)28(23(31)26-24)17-21(29)25-14-7-15-27(2)16-18-8-5-4-6-9-18/h4-6,8-13H,7,14-17H2,1-3H3,(H,25,29)(H,26,31).